The zero-order chi connectivity index (χ0) is 20.4. The highest BCUT2D eigenvalue weighted by Crippen LogP contribution is 2.25. The van der Waals surface area contributed by atoms with Crippen LogP contribution in [-0.2, 0) is 14.8 Å². The van der Waals surface area contributed by atoms with E-state index in [4.69, 9.17) is 11.6 Å². The van der Waals surface area contributed by atoms with E-state index in [-0.39, 0.29) is 17.3 Å². The molecule has 146 valence electrons. The predicted octanol–water partition coefficient (Wildman–Crippen LogP) is 3.57. The Morgan fingerprint density at radius 2 is 1.70 bits per heavy atom. The van der Waals surface area contributed by atoms with Crippen LogP contribution in [0.5, 0.6) is 0 Å². The molecule has 0 atom stereocenters. The molecule has 1 amide bonds. The topological polar surface area (TPSA) is 78.5 Å². The van der Waals surface area contributed by atoms with Gasteiger partial charge in [-0.2, -0.15) is 0 Å². The maximum atomic E-state index is 12.4. The number of aryl methyl sites for hydroxylation is 2. The number of sulfonamides is 1. The normalized spacial score (nSPS) is 11.5. The highest BCUT2D eigenvalue weighted by molar-refractivity contribution is 7.89. The van der Waals surface area contributed by atoms with Gasteiger partial charge in [-0.3, -0.25) is 4.79 Å². The number of halogens is 1. The lowest BCUT2D eigenvalue weighted by Gasteiger charge is -2.17. The molecule has 0 heterocycles. The van der Waals surface area contributed by atoms with Gasteiger partial charge in [-0.25, -0.2) is 12.7 Å². The summed E-state index contributed by atoms with van der Waals surface area (Å²) in [6.45, 7) is 5.59. The second-order valence-corrected chi connectivity index (χ2v) is 9.15. The lowest BCUT2D eigenvalue weighted by molar-refractivity contribution is -0.114. The van der Waals surface area contributed by atoms with Gasteiger partial charge in [0.05, 0.1) is 11.4 Å². The molecule has 0 saturated carbocycles. The second-order valence-electron chi connectivity index (χ2n) is 6.56. The third kappa shape index (κ3) is 5.00. The molecule has 6 nitrogen and oxygen atoms in total. The van der Waals surface area contributed by atoms with Crippen LogP contribution in [0.25, 0.3) is 0 Å². The molecule has 0 radical (unpaired) electrons. The highest BCUT2D eigenvalue weighted by atomic mass is 35.5. The molecular formula is C19H24ClN3O3S. The molecule has 0 fully saturated rings. The van der Waals surface area contributed by atoms with Gasteiger partial charge in [0.15, 0.2) is 0 Å². The molecule has 0 unspecified atom stereocenters. The van der Waals surface area contributed by atoms with Gasteiger partial charge >= 0.3 is 0 Å². The number of carbonyl (C=O) groups excluding carboxylic acids is 1. The van der Waals surface area contributed by atoms with Crippen molar-refractivity contribution in [3.63, 3.8) is 0 Å². The van der Waals surface area contributed by atoms with Gasteiger partial charge in [-0.15, -0.1) is 0 Å². The number of rotatable bonds is 6. The fraction of sp³-hybridized carbons (Fsp3) is 0.316. The van der Waals surface area contributed by atoms with Crippen LogP contribution in [0.15, 0.2) is 35.2 Å². The molecule has 0 saturated heterocycles. The second kappa shape index (κ2) is 8.29. The first-order chi connectivity index (χ1) is 12.5. The summed E-state index contributed by atoms with van der Waals surface area (Å²) in [4.78, 5) is 12.5. The molecule has 2 aromatic carbocycles. The minimum atomic E-state index is -3.56. The third-order valence-electron chi connectivity index (χ3n) is 4.32. The van der Waals surface area contributed by atoms with Crippen LogP contribution >= 0.6 is 11.6 Å². The number of amides is 1. The number of hydrogen-bond donors (Lipinski definition) is 2. The molecule has 0 aromatic heterocycles. The molecule has 0 spiro atoms. The summed E-state index contributed by atoms with van der Waals surface area (Å²) in [5.74, 6) is -0.238. The Morgan fingerprint density at radius 3 is 2.30 bits per heavy atom. The van der Waals surface area contributed by atoms with E-state index in [9.17, 15) is 13.2 Å². The summed E-state index contributed by atoms with van der Waals surface area (Å²) in [7, 11) is -0.584. The Bertz CT molecular complexity index is 972. The number of anilines is 2. The number of nitrogens with one attached hydrogen (secondary N) is 2. The third-order valence-corrected chi connectivity index (χ3v) is 6.35. The van der Waals surface area contributed by atoms with Crippen LogP contribution < -0.4 is 10.6 Å². The van der Waals surface area contributed by atoms with Crippen molar-refractivity contribution in [3.8, 4) is 0 Å². The zero-order valence-electron chi connectivity index (χ0n) is 16.1. The van der Waals surface area contributed by atoms with Crippen molar-refractivity contribution in [2.24, 2.45) is 0 Å². The van der Waals surface area contributed by atoms with Crippen LogP contribution in [0.4, 0.5) is 11.4 Å². The van der Waals surface area contributed by atoms with Gasteiger partial charge in [-0.1, -0.05) is 11.6 Å². The lowest BCUT2D eigenvalue weighted by atomic mass is 10.1. The largest absolute Gasteiger partial charge is 0.376 e. The average molecular weight is 410 g/mol. The molecule has 0 aliphatic rings. The molecule has 0 bridgehead atoms. The molecule has 0 aliphatic heterocycles. The van der Waals surface area contributed by atoms with E-state index in [1.165, 1.54) is 14.1 Å². The molecule has 2 rings (SSSR count). The maximum Gasteiger partial charge on any atom is 0.243 e. The standard InChI is InChI=1S/C19H24ClN3O3S/c1-12-9-16(27(25,26)23(4)5)10-18(14(12)3)21-11-19(24)22-17-7-6-15(20)8-13(17)2/h6-10,21H,11H2,1-5H3,(H,22,24). The molecule has 2 N–H and O–H groups in total. The van der Waals surface area contributed by atoms with Crippen molar-refractivity contribution < 1.29 is 13.2 Å². The Kier molecular flexibility index (Phi) is 6.51. The number of nitrogens with zero attached hydrogens (tertiary/aromatic N) is 1. The average Bonchev–Trinajstić information content (AvgIpc) is 2.58. The Morgan fingerprint density at radius 1 is 1.04 bits per heavy atom. The van der Waals surface area contributed by atoms with E-state index < -0.39 is 10.0 Å². The number of hydrogen-bond acceptors (Lipinski definition) is 4. The van der Waals surface area contributed by atoms with E-state index in [1.807, 2.05) is 20.8 Å². The van der Waals surface area contributed by atoms with Crippen LogP contribution in [0, 0.1) is 20.8 Å². The molecular weight excluding hydrogens is 386 g/mol. The van der Waals surface area contributed by atoms with Gasteiger partial charge in [0.2, 0.25) is 15.9 Å². The Hall–Kier alpha value is -2.09. The quantitative estimate of drug-likeness (QED) is 0.764. The van der Waals surface area contributed by atoms with Crippen molar-refractivity contribution in [2.45, 2.75) is 25.7 Å². The van der Waals surface area contributed by atoms with Crippen LogP contribution in [0.3, 0.4) is 0 Å². The van der Waals surface area contributed by atoms with Crippen LogP contribution in [0.2, 0.25) is 5.02 Å². The first kappa shape index (κ1) is 21.2. The van der Waals surface area contributed by atoms with E-state index in [1.54, 1.807) is 30.3 Å². The van der Waals surface area contributed by atoms with Crippen molar-refractivity contribution in [1.29, 1.82) is 0 Å². The lowest BCUT2D eigenvalue weighted by Crippen LogP contribution is -2.24. The van der Waals surface area contributed by atoms with Gasteiger partial charge in [-0.05, 0) is 67.8 Å². The summed E-state index contributed by atoms with van der Waals surface area (Å²) in [6, 6.07) is 8.41. The van der Waals surface area contributed by atoms with Crippen molar-refractivity contribution in [1.82, 2.24) is 4.31 Å². The van der Waals surface area contributed by atoms with Crippen molar-refractivity contribution in [3.05, 3.63) is 52.0 Å². The monoisotopic (exact) mass is 409 g/mol. The minimum absolute atomic E-state index is 0.00775. The fourth-order valence-electron chi connectivity index (χ4n) is 2.51. The van der Waals surface area contributed by atoms with Crippen molar-refractivity contribution in [2.75, 3.05) is 31.3 Å². The fourth-order valence-corrected chi connectivity index (χ4v) is 3.75. The van der Waals surface area contributed by atoms with E-state index in [0.717, 1.165) is 21.0 Å². The SMILES string of the molecule is Cc1cc(Cl)ccc1NC(=O)CNc1cc(S(=O)(=O)N(C)C)cc(C)c1C. The first-order valence-electron chi connectivity index (χ1n) is 8.36. The first-order valence-corrected chi connectivity index (χ1v) is 10.2. The van der Waals surface area contributed by atoms with Crippen molar-refractivity contribution >= 4 is 38.9 Å². The van der Waals surface area contributed by atoms with Crippen LogP contribution in [-0.4, -0.2) is 39.3 Å². The van der Waals surface area contributed by atoms with Crippen LogP contribution in [0.1, 0.15) is 16.7 Å². The van der Waals surface area contributed by atoms with Gasteiger partial charge < -0.3 is 10.6 Å². The molecule has 0 aliphatic carbocycles. The van der Waals surface area contributed by atoms with E-state index in [2.05, 4.69) is 10.6 Å². The summed E-state index contributed by atoms with van der Waals surface area (Å²) in [6.07, 6.45) is 0. The summed E-state index contributed by atoms with van der Waals surface area (Å²) in [5, 5.41) is 6.46. The highest BCUT2D eigenvalue weighted by Gasteiger charge is 2.19. The molecule has 2 aromatic rings. The maximum absolute atomic E-state index is 12.4. The predicted molar refractivity (Wildman–Crippen MR) is 110 cm³/mol. The Labute approximate surface area is 165 Å². The van der Waals surface area contributed by atoms with Gasteiger partial charge in [0.1, 0.15) is 0 Å². The number of carbonyl (C=O) groups is 1. The molecule has 27 heavy (non-hydrogen) atoms. The van der Waals surface area contributed by atoms with E-state index >= 15 is 0 Å². The minimum Gasteiger partial charge on any atom is -0.376 e. The number of benzene rings is 2. The Balaban J connectivity index is 2.17. The smallest absolute Gasteiger partial charge is 0.243 e. The summed E-state index contributed by atoms with van der Waals surface area (Å²) >= 11 is 5.92. The van der Waals surface area contributed by atoms with Gasteiger partial charge in [0.25, 0.3) is 0 Å². The molecule has 8 heteroatoms. The van der Waals surface area contributed by atoms with E-state index in [0.29, 0.717) is 16.4 Å². The summed E-state index contributed by atoms with van der Waals surface area (Å²) in [5.41, 5.74) is 3.88. The zero-order valence-corrected chi connectivity index (χ0v) is 17.6. The van der Waals surface area contributed by atoms with Gasteiger partial charge in [0, 0.05) is 30.5 Å². The summed E-state index contributed by atoms with van der Waals surface area (Å²) < 4.78 is 26.0.